The van der Waals surface area contributed by atoms with E-state index in [-0.39, 0.29) is 0 Å². The number of hydrogen-bond donors (Lipinski definition) is 1. The van der Waals surface area contributed by atoms with Crippen LogP contribution in [0.1, 0.15) is 22.3 Å². The van der Waals surface area contributed by atoms with Gasteiger partial charge in [-0.15, -0.1) is 0 Å². The predicted molar refractivity (Wildman–Crippen MR) is 46.4 cm³/mol. The molecule has 0 amide bonds. The SMILES string of the molecule is Cc1cc2c(cc1C#N)CNC2. The molecule has 2 nitrogen and oxygen atoms in total. The quantitative estimate of drug-likeness (QED) is 0.620. The van der Waals surface area contributed by atoms with Crippen molar-refractivity contribution in [2.45, 2.75) is 20.0 Å². The Bertz CT molecular complexity index is 360. The summed E-state index contributed by atoms with van der Waals surface area (Å²) in [5.41, 5.74) is 4.50. The lowest BCUT2D eigenvalue weighted by Crippen LogP contribution is -1.99. The summed E-state index contributed by atoms with van der Waals surface area (Å²) in [6.45, 7) is 3.84. The third-order valence-corrected chi connectivity index (χ3v) is 2.30. The maximum atomic E-state index is 8.78. The number of aryl methyl sites for hydroxylation is 1. The zero-order valence-corrected chi connectivity index (χ0v) is 7.02. The zero-order chi connectivity index (χ0) is 8.55. The Labute approximate surface area is 71.8 Å². The molecular formula is C10H10N2. The topological polar surface area (TPSA) is 35.8 Å². The Kier molecular flexibility index (Phi) is 1.60. The van der Waals surface area contributed by atoms with Gasteiger partial charge in [0.1, 0.15) is 0 Å². The van der Waals surface area contributed by atoms with Crippen LogP contribution in [0.2, 0.25) is 0 Å². The summed E-state index contributed by atoms with van der Waals surface area (Å²) in [6, 6.07) is 6.29. The minimum Gasteiger partial charge on any atom is -0.309 e. The van der Waals surface area contributed by atoms with Gasteiger partial charge in [0, 0.05) is 13.1 Å². The van der Waals surface area contributed by atoms with Crippen LogP contribution in [0.4, 0.5) is 0 Å². The molecular weight excluding hydrogens is 148 g/mol. The first-order valence-electron chi connectivity index (χ1n) is 4.04. The molecule has 0 fully saturated rings. The summed E-state index contributed by atoms with van der Waals surface area (Å²) >= 11 is 0. The molecule has 0 aliphatic carbocycles. The van der Waals surface area contributed by atoms with Crippen molar-refractivity contribution < 1.29 is 0 Å². The molecule has 0 spiro atoms. The van der Waals surface area contributed by atoms with Crippen LogP contribution in [0.3, 0.4) is 0 Å². The van der Waals surface area contributed by atoms with E-state index in [1.165, 1.54) is 11.1 Å². The number of benzene rings is 1. The molecule has 1 aromatic rings. The van der Waals surface area contributed by atoms with Gasteiger partial charge in [0.25, 0.3) is 0 Å². The van der Waals surface area contributed by atoms with Crippen molar-refractivity contribution in [3.8, 4) is 6.07 Å². The van der Waals surface area contributed by atoms with Crippen LogP contribution < -0.4 is 5.32 Å². The molecule has 12 heavy (non-hydrogen) atoms. The van der Waals surface area contributed by atoms with Crippen molar-refractivity contribution in [2.24, 2.45) is 0 Å². The van der Waals surface area contributed by atoms with Gasteiger partial charge in [-0.3, -0.25) is 0 Å². The number of fused-ring (bicyclic) bond motifs is 1. The molecule has 0 unspecified atom stereocenters. The van der Waals surface area contributed by atoms with Crippen LogP contribution in [0.5, 0.6) is 0 Å². The van der Waals surface area contributed by atoms with E-state index in [9.17, 15) is 0 Å². The molecule has 1 aliphatic heterocycles. The normalized spacial score (nSPS) is 14.0. The van der Waals surface area contributed by atoms with Crippen molar-refractivity contribution in [1.29, 1.82) is 5.26 Å². The number of nitrogens with zero attached hydrogens (tertiary/aromatic N) is 1. The van der Waals surface area contributed by atoms with E-state index < -0.39 is 0 Å². The third-order valence-electron chi connectivity index (χ3n) is 2.30. The predicted octanol–water partition coefficient (Wildman–Crippen LogP) is 1.47. The van der Waals surface area contributed by atoms with Crippen LogP contribution in [0, 0.1) is 18.3 Å². The lowest BCUT2D eigenvalue weighted by Gasteiger charge is -2.01. The molecule has 0 atom stereocenters. The third kappa shape index (κ3) is 0.992. The molecule has 1 heterocycles. The smallest absolute Gasteiger partial charge is 0.0994 e. The number of rotatable bonds is 0. The van der Waals surface area contributed by atoms with Gasteiger partial charge in [-0.25, -0.2) is 0 Å². The number of nitriles is 1. The molecule has 60 valence electrons. The van der Waals surface area contributed by atoms with Crippen LogP contribution in [-0.2, 0) is 13.1 Å². The van der Waals surface area contributed by atoms with Crippen molar-refractivity contribution in [3.05, 3.63) is 34.4 Å². The van der Waals surface area contributed by atoms with Gasteiger partial charge in [0.2, 0.25) is 0 Å². The Morgan fingerprint density at radius 1 is 1.33 bits per heavy atom. The maximum absolute atomic E-state index is 8.78. The summed E-state index contributed by atoms with van der Waals surface area (Å²) in [5, 5.41) is 12.0. The molecule has 2 heteroatoms. The average Bonchev–Trinajstić information content (AvgIpc) is 2.49. The van der Waals surface area contributed by atoms with Gasteiger partial charge < -0.3 is 5.32 Å². The molecule has 1 N–H and O–H groups in total. The Morgan fingerprint density at radius 2 is 2.00 bits per heavy atom. The molecule has 0 aromatic heterocycles. The van der Waals surface area contributed by atoms with Crippen molar-refractivity contribution in [3.63, 3.8) is 0 Å². The van der Waals surface area contributed by atoms with Gasteiger partial charge in [-0.05, 0) is 29.7 Å². The maximum Gasteiger partial charge on any atom is 0.0994 e. The van der Waals surface area contributed by atoms with E-state index >= 15 is 0 Å². The van der Waals surface area contributed by atoms with E-state index in [1.54, 1.807) is 0 Å². The fraction of sp³-hybridized carbons (Fsp3) is 0.300. The standard InChI is InChI=1S/C10H10N2/c1-7-2-9-5-12-6-10(9)3-8(7)4-11/h2-3,12H,5-6H2,1H3. The van der Waals surface area contributed by atoms with Gasteiger partial charge >= 0.3 is 0 Å². The molecule has 1 aliphatic rings. The molecule has 2 rings (SSSR count). The largest absolute Gasteiger partial charge is 0.309 e. The van der Waals surface area contributed by atoms with Crippen LogP contribution in [0.15, 0.2) is 12.1 Å². The van der Waals surface area contributed by atoms with Crippen LogP contribution in [0.25, 0.3) is 0 Å². The zero-order valence-electron chi connectivity index (χ0n) is 7.02. The van der Waals surface area contributed by atoms with Crippen molar-refractivity contribution in [2.75, 3.05) is 0 Å². The van der Waals surface area contributed by atoms with E-state index in [0.717, 1.165) is 24.2 Å². The summed E-state index contributed by atoms with van der Waals surface area (Å²) in [4.78, 5) is 0. The highest BCUT2D eigenvalue weighted by Crippen LogP contribution is 2.19. The second-order valence-electron chi connectivity index (χ2n) is 3.15. The van der Waals surface area contributed by atoms with E-state index in [1.807, 2.05) is 13.0 Å². The van der Waals surface area contributed by atoms with Gasteiger partial charge in [0.15, 0.2) is 0 Å². The van der Waals surface area contributed by atoms with Gasteiger partial charge in [-0.1, -0.05) is 6.07 Å². The minimum absolute atomic E-state index is 0.803. The van der Waals surface area contributed by atoms with E-state index in [2.05, 4.69) is 17.5 Å². The van der Waals surface area contributed by atoms with E-state index in [0.29, 0.717) is 0 Å². The fourth-order valence-electron chi connectivity index (χ4n) is 1.59. The highest BCUT2D eigenvalue weighted by Gasteiger charge is 2.11. The summed E-state index contributed by atoms with van der Waals surface area (Å²) < 4.78 is 0. The molecule has 0 radical (unpaired) electrons. The second kappa shape index (κ2) is 2.62. The second-order valence-corrected chi connectivity index (χ2v) is 3.15. The molecule has 0 saturated heterocycles. The lowest BCUT2D eigenvalue weighted by atomic mass is 10.0. The molecule has 0 bridgehead atoms. The number of nitrogens with one attached hydrogen (secondary N) is 1. The van der Waals surface area contributed by atoms with Crippen molar-refractivity contribution >= 4 is 0 Å². The highest BCUT2D eigenvalue weighted by molar-refractivity contribution is 5.45. The lowest BCUT2D eigenvalue weighted by molar-refractivity contribution is 0.764. The highest BCUT2D eigenvalue weighted by atomic mass is 14.9. The van der Waals surface area contributed by atoms with Crippen molar-refractivity contribution in [1.82, 2.24) is 5.32 Å². The fourth-order valence-corrected chi connectivity index (χ4v) is 1.59. The van der Waals surface area contributed by atoms with E-state index in [4.69, 9.17) is 5.26 Å². The number of hydrogen-bond acceptors (Lipinski definition) is 2. The first kappa shape index (κ1) is 7.33. The first-order chi connectivity index (χ1) is 5.81. The summed E-state index contributed by atoms with van der Waals surface area (Å²) in [6.07, 6.45) is 0. The first-order valence-corrected chi connectivity index (χ1v) is 4.04. The van der Waals surface area contributed by atoms with Crippen LogP contribution >= 0.6 is 0 Å². The minimum atomic E-state index is 0.803. The molecule has 1 aromatic carbocycles. The monoisotopic (exact) mass is 158 g/mol. The molecule has 0 saturated carbocycles. The Balaban J connectivity index is 2.59. The summed E-state index contributed by atoms with van der Waals surface area (Å²) in [7, 11) is 0. The summed E-state index contributed by atoms with van der Waals surface area (Å²) in [5.74, 6) is 0. The Hall–Kier alpha value is -1.33. The average molecular weight is 158 g/mol. The van der Waals surface area contributed by atoms with Gasteiger partial charge in [0.05, 0.1) is 11.6 Å². The van der Waals surface area contributed by atoms with Gasteiger partial charge in [-0.2, -0.15) is 5.26 Å². The Morgan fingerprint density at radius 3 is 2.67 bits per heavy atom. The van der Waals surface area contributed by atoms with Crippen LogP contribution in [-0.4, -0.2) is 0 Å².